The van der Waals surface area contributed by atoms with Crippen molar-refractivity contribution in [3.63, 3.8) is 0 Å². The fourth-order valence-electron chi connectivity index (χ4n) is 3.72. The van der Waals surface area contributed by atoms with Crippen LogP contribution in [-0.2, 0) is 27.2 Å². The highest BCUT2D eigenvalue weighted by Gasteiger charge is 2.37. The second kappa shape index (κ2) is 9.70. The van der Waals surface area contributed by atoms with Gasteiger partial charge in [0.2, 0.25) is 5.91 Å². The topological polar surface area (TPSA) is 92.8 Å². The number of fused-ring (bicyclic) bond motifs is 1. The zero-order valence-corrected chi connectivity index (χ0v) is 19.1. The molecular formula is C23H22N2O5S2. The van der Waals surface area contributed by atoms with Gasteiger partial charge in [0.15, 0.2) is 0 Å². The summed E-state index contributed by atoms with van der Waals surface area (Å²) >= 11 is 2.18. The van der Waals surface area contributed by atoms with E-state index < -0.39 is 29.6 Å². The van der Waals surface area contributed by atoms with E-state index in [9.17, 15) is 19.2 Å². The van der Waals surface area contributed by atoms with Crippen LogP contribution in [0.15, 0.2) is 35.2 Å². The number of hydrogen-bond donors (Lipinski definition) is 1. The van der Waals surface area contributed by atoms with Crippen LogP contribution in [0.1, 0.15) is 46.1 Å². The molecule has 0 radical (unpaired) electrons. The highest BCUT2D eigenvalue weighted by Crippen LogP contribution is 2.39. The van der Waals surface area contributed by atoms with E-state index in [2.05, 4.69) is 5.32 Å². The average molecular weight is 471 g/mol. The van der Waals surface area contributed by atoms with Crippen LogP contribution in [0.25, 0.3) is 6.08 Å². The molecule has 9 heteroatoms. The predicted molar refractivity (Wildman–Crippen MR) is 125 cm³/mol. The second-order valence-electron chi connectivity index (χ2n) is 7.36. The molecule has 32 heavy (non-hydrogen) atoms. The molecule has 3 amide bonds. The van der Waals surface area contributed by atoms with Gasteiger partial charge in [0, 0.05) is 4.88 Å². The lowest BCUT2D eigenvalue weighted by molar-refractivity contribution is -0.127. The normalized spacial score (nSPS) is 16.9. The Balaban J connectivity index is 1.50. The van der Waals surface area contributed by atoms with Gasteiger partial charge < -0.3 is 10.1 Å². The predicted octanol–water partition coefficient (Wildman–Crippen LogP) is 4.48. The van der Waals surface area contributed by atoms with Crippen molar-refractivity contribution >= 4 is 57.2 Å². The molecule has 1 saturated heterocycles. The highest BCUT2D eigenvalue weighted by atomic mass is 32.2. The largest absolute Gasteiger partial charge is 0.462 e. The van der Waals surface area contributed by atoms with E-state index in [4.69, 9.17) is 4.74 Å². The molecule has 0 saturated carbocycles. The third-order valence-electron chi connectivity index (χ3n) is 5.18. The van der Waals surface area contributed by atoms with Crippen LogP contribution in [0.2, 0.25) is 0 Å². The minimum Gasteiger partial charge on any atom is -0.462 e. The molecule has 4 rings (SSSR count). The molecule has 2 heterocycles. The fourth-order valence-corrected chi connectivity index (χ4v) is 5.85. The van der Waals surface area contributed by atoms with Crippen molar-refractivity contribution < 1.29 is 23.9 Å². The van der Waals surface area contributed by atoms with Gasteiger partial charge in [-0.15, -0.1) is 11.3 Å². The number of hydrogen-bond acceptors (Lipinski definition) is 7. The maximum Gasteiger partial charge on any atom is 0.341 e. The van der Waals surface area contributed by atoms with Gasteiger partial charge in [0.05, 0.1) is 17.1 Å². The number of nitrogens with one attached hydrogen (secondary N) is 1. The molecule has 7 nitrogen and oxygen atoms in total. The SMILES string of the molecule is CCOC(=O)c1c(NC(=O)CN2C(=O)S/C(=C/c3ccccc3)C2=O)sc2c1CCCC2. The molecule has 1 aromatic heterocycles. The summed E-state index contributed by atoms with van der Waals surface area (Å²) in [5.41, 5.74) is 2.13. The molecule has 2 aromatic rings. The number of thioether (sulfide) groups is 1. The second-order valence-corrected chi connectivity index (χ2v) is 9.46. The van der Waals surface area contributed by atoms with Crippen molar-refractivity contribution in [1.29, 1.82) is 0 Å². The van der Waals surface area contributed by atoms with Crippen LogP contribution in [0.4, 0.5) is 9.80 Å². The van der Waals surface area contributed by atoms with Crippen molar-refractivity contribution in [3.8, 4) is 0 Å². The number of thiophene rings is 1. The van der Waals surface area contributed by atoms with Gasteiger partial charge >= 0.3 is 5.97 Å². The molecule has 166 valence electrons. The molecule has 0 unspecified atom stereocenters. The number of nitrogens with zero attached hydrogens (tertiary/aromatic N) is 1. The number of benzene rings is 1. The van der Waals surface area contributed by atoms with Gasteiger partial charge in [0.1, 0.15) is 11.5 Å². The number of carbonyl (C=O) groups excluding carboxylic acids is 4. The van der Waals surface area contributed by atoms with Crippen LogP contribution in [0.3, 0.4) is 0 Å². The molecule has 1 aliphatic heterocycles. The number of rotatable bonds is 6. The Bertz CT molecular complexity index is 1110. The van der Waals surface area contributed by atoms with Crippen LogP contribution in [-0.4, -0.2) is 41.1 Å². The smallest absolute Gasteiger partial charge is 0.341 e. The standard InChI is InChI=1S/C23H22N2O5S2/c1-2-30-22(28)19-15-10-6-7-11-16(15)31-20(19)24-18(26)13-25-21(27)17(32-23(25)29)12-14-8-4-3-5-9-14/h3-5,8-9,12H,2,6-7,10-11,13H2,1H3,(H,24,26)/b17-12+. The van der Waals surface area contributed by atoms with Gasteiger partial charge in [-0.05, 0) is 61.6 Å². The van der Waals surface area contributed by atoms with Crippen molar-refractivity contribution in [2.24, 2.45) is 0 Å². The highest BCUT2D eigenvalue weighted by molar-refractivity contribution is 8.18. The first-order valence-electron chi connectivity index (χ1n) is 10.4. The maximum atomic E-state index is 12.7. The zero-order valence-electron chi connectivity index (χ0n) is 17.5. The Kier molecular flexibility index (Phi) is 6.76. The molecular weight excluding hydrogens is 448 g/mol. The molecule has 0 bridgehead atoms. The van der Waals surface area contributed by atoms with Crippen LogP contribution >= 0.6 is 23.1 Å². The Morgan fingerprint density at radius 2 is 1.91 bits per heavy atom. The molecule has 1 N–H and O–H groups in total. The van der Waals surface area contributed by atoms with Gasteiger partial charge in [0.25, 0.3) is 11.1 Å². The summed E-state index contributed by atoms with van der Waals surface area (Å²) in [6.45, 7) is 1.56. The summed E-state index contributed by atoms with van der Waals surface area (Å²) in [7, 11) is 0. The van der Waals surface area contributed by atoms with E-state index >= 15 is 0 Å². The van der Waals surface area contributed by atoms with Gasteiger partial charge in [-0.1, -0.05) is 30.3 Å². The number of anilines is 1. The van der Waals surface area contributed by atoms with Crippen LogP contribution in [0, 0.1) is 0 Å². The Morgan fingerprint density at radius 1 is 1.16 bits per heavy atom. The molecule has 1 aromatic carbocycles. The third kappa shape index (κ3) is 4.63. The van der Waals surface area contributed by atoms with Crippen LogP contribution in [0.5, 0.6) is 0 Å². The van der Waals surface area contributed by atoms with Gasteiger partial charge in [-0.25, -0.2) is 4.79 Å². The Hall–Kier alpha value is -2.91. The first-order valence-corrected chi connectivity index (χ1v) is 12.0. The number of imide groups is 1. The van der Waals surface area contributed by atoms with E-state index in [0.717, 1.165) is 58.3 Å². The minimum atomic E-state index is -0.530. The first-order chi connectivity index (χ1) is 15.5. The fraction of sp³-hybridized carbons (Fsp3) is 0.304. The average Bonchev–Trinajstić information content (AvgIpc) is 3.26. The molecule has 1 fully saturated rings. The Labute approximate surface area is 193 Å². The quantitative estimate of drug-likeness (QED) is 0.494. The monoisotopic (exact) mass is 470 g/mol. The van der Waals surface area contributed by atoms with Crippen molar-refractivity contribution in [2.45, 2.75) is 32.6 Å². The van der Waals surface area contributed by atoms with Crippen molar-refractivity contribution in [1.82, 2.24) is 4.90 Å². The number of ether oxygens (including phenoxy) is 1. The zero-order chi connectivity index (χ0) is 22.7. The summed E-state index contributed by atoms with van der Waals surface area (Å²) in [6, 6.07) is 9.20. The van der Waals surface area contributed by atoms with E-state index in [1.165, 1.54) is 11.3 Å². The first kappa shape index (κ1) is 22.3. The van der Waals surface area contributed by atoms with Crippen LogP contribution < -0.4 is 5.32 Å². The molecule has 2 aliphatic rings. The minimum absolute atomic E-state index is 0.237. The molecule has 1 aliphatic carbocycles. The number of carbonyl (C=O) groups is 4. The van der Waals surface area contributed by atoms with E-state index in [1.54, 1.807) is 13.0 Å². The third-order valence-corrected chi connectivity index (χ3v) is 7.29. The summed E-state index contributed by atoms with van der Waals surface area (Å²) in [6.07, 6.45) is 5.27. The van der Waals surface area contributed by atoms with E-state index in [0.29, 0.717) is 10.6 Å². The molecule has 0 spiro atoms. The van der Waals surface area contributed by atoms with E-state index in [1.807, 2.05) is 30.3 Å². The van der Waals surface area contributed by atoms with Crippen molar-refractivity contribution in [2.75, 3.05) is 18.5 Å². The summed E-state index contributed by atoms with van der Waals surface area (Å²) in [4.78, 5) is 52.6. The lowest BCUT2D eigenvalue weighted by atomic mass is 9.95. The van der Waals surface area contributed by atoms with Gasteiger partial charge in [-0.2, -0.15) is 0 Å². The number of amides is 3. The summed E-state index contributed by atoms with van der Waals surface area (Å²) in [5, 5.41) is 2.67. The van der Waals surface area contributed by atoms with Gasteiger partial charge in [-0.3, -0.25) is 19.3 Å². The van der Waals surface area contributed by atoms with E-state index in [-0.39, 0.29) is 11.5 Å². The summed E-state index contributed by atoms with van der Waals surface area (Å²) in [5.74, 6) is -1.49. The summed E-state index contributed by atoms with van der Waals surface area (Å²) < 4.78 is 5.20. The van der Waals surface area contributed by atoms with Crippen molar-refractivity contribution in [3.05, 3.63) is 56.8 Å². The number of aryl methyl sites for hydroxylation is 1. The lowest BCUT2D eigenvalue weighted by Gasteiger charge is -2.13. The maximum absolute atomic E-state index is 12.7. The Morgan fingerprint density at radius 3 is 2.66 bits per heavy atom. The number of esters is 1. The lowest BCUT2D eigenvalue weighted by Crippen LogP contribution is -2.36. The molecule has 0 atom stereocenters.